The Labute approximate surface area is 126 Å². The summed E-state index contributed by atoms with van der Waals surface area (Å²) in [5.41, 5.74) is 2.45. The molecule has 1 heterocycles. The molecular weight excluding hydrogens is 268 g/mol. The second-order valence-electron chi connectivity index (χ2n) is 5.93. The van der Waals surface area contributed by atoms with Crippen molar-refractivity contribution < 1.29 is 4.74 Å². The number of hydrogen-bond acceptors (Lipinski definition) is 7. The van der Waals surface area contributed by atoms with E-state index in [4.69, 9.17) is 10.6 Å². The second kappa shape index (κ2) is 6.89. The van der Waals surface area contributed by atoms with Gasteiger partial charge in [-0.25, -0.2) is 5.84 Å². The fourth-order valence-electron chi connectivity index (χ4n) is 2.94. The first-order chi connectivity index (χ1) is 10.0. The van der Waals surface area contributed by atoms with Gasteiger partial charge in [0, 0.05) is 6.04 Å². The quantitative estimate of drug-likeness (QED) is 0.546. The van der Waals surface area contributed by atoms with Crippen LogP contribution in [0.4, 0.5) is 11.9 Å². The first-order valence-corrected chi connectivity index (χ1v) is 7.69. The van der Waals surface area contributed by atoms with Gasteiger partial charge in [0.2, 0.25) is 11.9 Å². The lowest BCUT2D eigenvalue weighted by Gasteiger charge is -2.21. The Bertz CT molecular complexity index is 467. The molecule has 1 aliphatic carbocycles. The van der Waals surface area contributed by atoms with E-state index in [1.807, 2.05) is 13.8 Å². The van der Waals surface area contributed by atoms with Gasteiger partial charge in [-0.2, -0.15) is 15.0 Å². The number of nitrogen functional groups attached to an aromatic ring is 1. The molecule has 0 radical (unpaired) electrons. The molecule has 4 N–H and O–H groups in total. The van der Waals surface area contributed by atoms with Crippen LogP contribution in [0.2, 0.25) is 0 Å². The molecule has 0 spiro atoms. The Morgan fingerprint density at radius 3 is 2.52 bits per heavy atom. The zero-order valence-corrected chi connectivity index (χ0v) is 13.3. The maximum Gasteiger partial charge on any atom is 0.323 e. The molecule has 0 saturated heterocycles. The van der Waals surface area contributed by atoms with Crippen LogP contribution in [0.3, 0.4) is 0 Å². The van der Waals surface area contributed by atoms with Crippen molar-refractivity contribution >= 4 is 11.9 Å². The second-order valence-corrected chi connectivity index (χ2v) is 5.93. The topological polar surface area (TPSA) is 98.0 Å². The molecule has 118 valence electrons. The van der Waals surface area contributed by atoms with Crippen molar-refractivity contribution in [3.05, 3.63) is 0 Å². The summed E-state index contributed by atoms with van der Waals surface area (Å²) in [7, 11) is 0. The van der Waals surface area contributed by atoms with Crippen LogP contribution in [0, 0.1) is 11.8 Å². The normalized spacial score (nSPS) is 25.1. The van der Waals surface area contributed by atoms with E-state index in [9.17, 15) is 0 Å². The predicted octanol–water partition coefficient (Wildman–Crippen LogP) is 2.18. The van der Waals surface area contributed by atoms with E-state index in [-0.39, 0.29) is 12.1 Å². The number of nitrogens with one attached hydrogen (secondary N) is 2. The van der Waals surface area contributed by atoms with E-state index in [1.165, 1.54) is 12.8 Å². The molecular formula is C14H26N6O. The molecule has 1 aromatic heterocycles. The van der Waals surface area contributed by atoms with Crippen molar-refractivity contribution in [2.75, 3.05) is 10.7 Å². The summed E-state index contributed by atoms with van der Waals surface area (Å²) in [5.74, 6) is 7.61. The summed E-state index contributed by atoms with van der Waals surface area (Å²) in [6, 6.07) is 0.669. The summed E-state index contributed by atoms with van der Waals surface area (Å²) in [5, 5.41) is 3.41. The van der Waals surface area contributed by atoms with Gasteiger partial charge < -0.3 is 10.1 Å². The number of hydrazine groups is 1. The molecule has 21 heavy (non-hydrogen) atoms. The van der Waals surface area contributed by atoms with Gasteiger partial charge in [0.15, 0.2) is 0 Å². The molecule has 1 fully saturated rings. The number of hydrogen-bond donors (Lipinski definition) is 3. The van der Waals surface area contributed by atoms with Gasteiger partial charge in [-0.05, 0) is 38.5 Å². The highest BCUT2D eigenvalue weighted by Gasteiger charge is 2.32. The third-order valence-electron chi connectivity index (χ3n) is 4.15. The lowest BCUT2D eigenvalue weighted by Crippen LogP contribution is -2.26. The molecule has 1 aliphatic rings. The molecule has 0 amide bonds. The van der Waals surface area contributed by atoms with E-state index < -0.39 is 0 Å². The first-order valence-electron chi connectivity index (χ1n) is 7.69. The number of rotatable bonds is 6. The largest absolute Gasteiger partial charge is 0.461 e. The van der Waals surface area contributed by atoms with E-state index >= 15 is 0 Å². The summed E-state index contributed by atoms with van der Waals surface area (Å²) in [6.07, 6.45) is 3.60. The number of aromatic nitrogens is 3. The molecule has 7 heteroatoms. The average molecular weight is 294 g/mol. The Morgan fingerprint density at radius 2 is 1.95 bits per heavy atom. The van der Waals surface area contributed by atoms with Crippen LogP contribution in [0.5, 0.6) is 6.01 Å². The molecule has 1 aromatic rings. The molecule has 3 unspecified atom stereocenters. The number of nitrogens with two attached hydrogens (primary N) is 1. The minimum absolute atomic E-state index is 0.000695. The third kappa shape index (κ3) is 3.93. The predicted molar refractivity (Wildman–Crippen MR) is 83.0 cm³/mol. The Kier molecular flexibility index (Phi) is 5.17. The SMILES string of the molecule is CCC1CCC(Nc2nc(NN)nc(OC(C)C)n2)C1C. The van der Waals surface area contributed by atoms with Crippen LogP contribution in [0.15, 0.2) is 0 Å². The van der Waals surface area contributed by atoms with Crippen molar-refractivity contribution in [3.8, 4) is 6.01 Å². The maximum absolute atomic E-state index is 5.53. The Morgan fingerprint density at radius 1 is 1.24 bits per heavy atom. The Balaban J connectivity index is 2.12. The summed E-state index contributed by atoms with van der Waals surface area (Å²) in [6.45, 7) is 8.39. The minimum Gasteiger partial charge on any atom is -0.461 e. The van der Waals surface area contributed by atoms with E-state index in [2.05, 4.69) is 39.5 Å². The molecule has 0 aliphatic heterocycles. The van der Waals surface area contributed by atoms with Crippen molar-refractivity contribution in [1.29, 1.82) is 0 Å². The summed E-state index contributed by atoms with van der Waals surface area (Å²) in [4.78, 5) is 12.7. The molecule has 7 nitrogen and oxygen atoms in total. The smallest absolute Gasteiger partial charge is 0.323 e. The monoisotopic (exact) mass is 294 g/mol. The van der Waals surface area contributed by atoms with Crippen molar-refractivity contribution in [1.82, 2.24) is 15.0 Å². The molecule has 3 atom stereocenters. The third-order valence-corrected chi connectivity index (χ3v) is 4.15. The minimum atomic E-state index is 0.000695. The standard InChI is InChI=1S/C14H26N6O/c1-5-10-6-7-11(9(10)4)16-12-17-13(20-15)19-14(18-12)21-8(2)3/h8-11H,5-7,15H2,1-4H3,(H2,16,17,18,19,20). The molecule has 0 aromatic carbocycles. The fourth-order valence-corrected chi connectivity index (χ4v) is 2.94. The van der Waals surface area contributed by atoms with Crippen molar-refractivity contribution in [2.24, 2.45) is 17.7 Å². The van der Waals surface area contributed by atoms with Crippen LogP contribution in [0.25, 0.3) is 0 Å². The van der Waals surface area contributed by atoms with E-state index in [0.717, 1.165) is 12.3 Å². The first kappa shape index (κ1) is 15.8. The van der Waals surface area contributed by atoms with Crippen LogP contribution < -0.4 is 21.3 Å². The molecule has 1 saturated carbocycles. The maximum atomic E-state index is 5.53. The summed E-state index contributed by atoms with van der Waals surface area (Å²) < 4.78 is 5.53. The van der Waals surface area contributed by atoms with Gasteiger partial charge in [0.05, 0.1) is 6.10 Å². The zero-order chi connectivity index (χ0) is 15.4. The van der Waals surface area contributed by atoms with Crippen LogP contribution in [-0.2, 0) is 0 Å². The number of anilines is 2. The van der Waals surface area contributed by atoms with Crippen LogP contribution in [0.1, 0.15) is 47.0 Å². The van der Waals surface area contributed by atoms with E-state index in [0.29, 0.717) is 23.9 Å². The van der Waals surface area contributed by atoms with Crippen LogP contribution in [-0.4, -0.2) is 27.1 Å². The zero-order valence-electron chi connectivity index (χ0n) is 13.3. The fraction of sp³-hybridized carbons (Fsp3) is 0.786. The van der Waals surface area contributed by atoms with Crippen molar-refractivity contribution in [3.63, 3.8) is 0 Å². The van der Waals surface area contributed by atoms with Crippen LogP contribution >= 0.6 is 0 Å². The molecule has 0 bridgehead atoms. The van der Waals surface area contributed by atoms with Gasteiger partial charge in [-0.1, -0.05) is 20.3 Å². The lowest BCUT2D eigenvalue weighted by atomic mass is 9.94. The highest BCUT2D eigenvalue weighted by Crippen LogP contribution is 2.35. The summed E-state index contributed by atoms with van der Waals surface area (Å²) >= 11 is 0. The van der Waals surface area contributed by atoms with Crippen molar-refractivity contribution in [2.45, 2.75) is 59.1 Å². The lowest BCUT2D eigenvalue weighted by molar-refractivity contribution is 0.222. The van der Waals surface area contributed by atoms with Gasteiger partial charge in [0.25, 0.3) is 0 Å². The van der Waals surface area contributed by atoms with E-state index in [1.54, 1.807) is 0 Å². The van der Waals surface area contributed by atoms with Gasteiger partial charge >= 0.3 is 6.01 Å². The van der Waals surface area contributed by atoms with Gasteiger partial charge in [-0.3, -0.25) is 5.43 Å². The highest BCUT2D eigenvalue weighted by molar-refractivity contribution is 5.36. The average Bonchev–Trinajstić information content (AvgIpc) is 2.78. The molecule has 2 rings (SSSR count). The number of nitrogens with zero attached hydrogens (tertiary/aromatic N) is 3. The Hall–Kier alpha value is -1.63. The van der Waals surface area contributed by atoms with Gasteiger partial charge in [-0.15, -0.1) is 0 Å². The highest BCUT2D eigenvalue weighted by atomic mass is 16.5. The number of ether oxygens (including phenoxy) is 1. The van der Waals surface area contributed by atoms with Gasteiger partial charge in [0.1, 0.15) is 0 Å².